The van der Waals surface area contributed by atoms with Gasteiger partial charge in [-0.3, -0.25) is 14.9 Å². The zero-order chi connectivity index (χ0) is 15.9. The molecule has 8 heteroatoms. The first-order valence-corrected chi connectivity index (χ1v) is 6.64. The van der Waals surface area contributed by atoms with E-state index in [1.54, 1.807) is 29.1 Å². The lowest BCUT2D eigenvalue weighted by Gasteiger charge is -1.99. The van der Waals surface area contributed by atoms with Gasteiger partial charge in [0.05, 0.1) is 11.1 Å². The molecule has 0 aliphatic rings. The topological polar surface area (TPSA) is 88.5 Å². The number of amides is 1. The van der Waals surface area contributed by atoms with Gasteiger partial charge in [0, 0.05) is 34.9 Å². The van der Waals surface area contributed by atoms with Crippen molar-refractivity contribution >= 4 is 29.4 Å². The Balaban J connectivity index is 1.99. The lowest BCUT2D eigenvalue weighted by atomic mass is 10.2. The molecule has 0 unspecified atom stereocenters. The van der Waals surface area contributed by atoms with Crippen LogP contribution in [0.5, 0.6) is 0 Å². The molecule has 0 saturated carbocycles. The molecule has 0 fully saturated rings. The Hall–Kier alpha value is -2.80. The molecule has 0 bridgehead atoms. The number of rotatable bonds is 5. The number of halogens is 1. The average molecular weight is 320 g/mol. The Morgan fingerprint density at radius 1 is 1.36 bits per heavy atom. The van der Waals surface area contributed by atoms with Crippen molar-refractivity contribution in [2.24, 2.45) is 5.10 Å². The zero-order valence-corrected chi connectivity index (χ0v) is 12.1. The van der Waals surface area contributed by atoms with Crippen LogP contribution in [0.25, 0.3) is 0 Å². The summed E-state index contributed by atoms with van der Waals surface area (Å²) in [5.74, 6) is -0.325. The van der Waals surface area contributed by atoms with Crippen molar-refractivity contribution in [2.45, 2.75) is 6.54 Å². The molecule has 0 spiro atoms. The minimum absolute atomic E-state index is 0.1000. The molecule has 0 saturated heterocycles. The number of nitrogens with one attached hydrogen (secondary N) is 1. The van der Waals surface area contributed by atoms with Crippen molar-refractivity contribution in [3.63, 3.8) is 0 Å². The smallest absolute Gasteiger partial charge is 0.266 e. The first kappa shape index (κ1) is 15.6. The first-order valence-electron chi connectivity index (χ1n) is 6.26. The predicted octanol–water partition coefficient (Wildman–Crippen LogP) is 1.69. The summed E-state index contributed by atoms with van der Waals surface area (Å²) in [5, 5.41) is 14.8. The van der Waals surface area contributed by atoms with E-state index in [1.165, 1.54) is 24.4 Å². The average Bonchev–Trinajstić information content (AvgIpc) is 2.50. The molecule has 1 aromatic carbocycles. The maximum Gasteiger partial charge on any atom is 0.305 e. The molecule has 0 radical (unpaired) electrons. The Morgan fingerprint density at radius 2 is 2.09 bits per heavy atom. The molecular formula is C14H12ClN4O3+. The van der Waals surface area contributed by atoms with Crippen LogP contribution < -0.4 is 9.99 Å². The van der Waals surface area contributed by atoms with E-state index in [2.05, 4.69) is 10.5 Å². The number of aromatic nitrogens is 1. The van der Waals surface area contributed by atoms with Gasteiger partial charge in [0.15, 0.2) is 12.4 Å². The summed E-state index contributed by atoms with van der Waals surface area (Å²) in [7, 11) is 0. The number of carbonyl (C=O) groups is 1. The third-order valence-electron chi connectivity index (χ3n) is 2.69. The predicted molar refractivity (Wildman–Crippen MR) is 80.5 cm³/mol. The third-order valence-corrected chi connectivity index (χ3v) is 3.03. The van der Waals surface area contributed by atoms with E-state index in [1.807, 2.05) is 6.07 Å². The summed E-state index contributed by atoms with van der Waals surface area (Å²) in [5.41, 5.74) is 2.59. The molecule has 22 heavy (non-hydrogen) atoms. The molecule has 1 heterocycles. The van der Waals surface area contributed by atoms with E-state index < -0.39 is 4.92 Å². The molecule has 2 rings (SSSR count). The van der Waals surface area contributed by atoms with Crippen LogP contribution in [0, 0.1) is 10.1 Å². The van der Waals surface area contributed by atoms with E-state index in [0.29, 0.717) is 10.6 Å². The molecule has 0 atom stereocenters. The van der Waals surface area contributed by atoms with Crippen LogP contribution in [0.3, 0.4) is 0 Å². The molecule has 112 valence electrons. The number of non-ortho nitro benzene ring substituents is 1. The van der Waals surface area contributed by atoms with Crippen molar-refractivity contribution < 1.29 is 14.3 Å². The number of hydrogen-bond acceptors (Lipinski definition) is 4. The Bertz CT molecular complexity index is 719. The van der Waals surface area contributed by atoms with Crippen molar-refractivity contribution in [3.05, 3.63) is 69.5 Å². The Morgan fingerprint density at radius 3 is 2.77 bits per heavy atom. The largest absolute Gasteiger partial charge is 0.305 e. The molecule has 7 nitrogen and oxygen atoms in total. The van der Waals surface area contributed by atoms with Gasteiger partial charge < -0.3 is 0 Å². The third kappa shape index (κ3) is 4.35. The van der Waals surface area contributed by atoms with E-state index in [0.717, 1.165) is 0 Å². The van der Waals surface area contributed by atoms with Crippen LogP contribution in [0.4, 0.5) is 5.69 Å². The van der Waals surface area contributed by atoms with Gasteiger partial charge in [0.1, 0.15) is 0 Å². The fourth-order valence-corrected chi connectivity index (χ4v) is 1.82. The van der Waals surface area contributed by atoms with Gasteiger partial charge in [-0.15, -0.1) is 0 Å². The summed E-state index contributed by atoms with van der Waals surface area (Å²) in [6.07, 6.45) is 4.77. The van der Waals surface area contributed by atoms with Gasteiger partial charge in [-0.2, -0.15) is 9.67 Å². The van der Waals surface area contributed by atoms with E-state index in [4.69, 9.17) is 11.6 Å². The van der Waals surface area contributed by atoms with Crippen LogP contribution in [0.2, 0.25) is 5.02 Å². The number of benzene rings is 1. The van der Waals surface area contributed by atoms with Crippen molar-refractivity contribution in [2.75, 3.05) is 0 Å². The number of pyridine rings is 1. The van der Waals surface area contributed by atoms with Gasteiger partial charge in [-0.1, -0.05) is 17.7 Å². The number of nitro benzene ring substituents is 1. The fourth-order valence-electron chi connectivity index (χ4n) is 1.66. The van der Waals surface area contributed by atoms with E-state index in [9.17, 15) is 14.9 Å². The van der Waals surface area contributed by atoms with Crippen LogP contribution in [-0.2, 0) is 11.3 Å². The highest BCUT2D eigenvalue weighted by Crippen LogP contribution is 2.20. The highest BCUT2D eigenvalue weighted by molar-refractivity contribution is 6.33. The molecular weight excluding hydrogens is 308 g/mol. The Labute approximate surface area is 131 Å². The second-order valence-electron chi connectivity index (χ2n) is 4.30. The van der Waals surface area contributed by atoms with Gasteiger partial charge in [-0.05, 0) is 6.07 Å². The Kier molecular flexibility index (Phi) is 5.16. The number of nitro groups is 1. The summed E-state index contributed by atoms with van der Waals surface area (Å²) in [6, 6.07) is 9.44. The minimum Gasteiger partial charge on any atom is -0.266 e. The van der Waals surface area contributed by atoms with Crippen molar-refractivity contribution in [1.82, 2.24) is 5.43 Å². The molecule has 0 aliphatic heterocycles. The molecule has 0 aliphatic carbocycles. The molecule has 1 aromatic heterocycles. The van der Waals surface area contributed by atoms with Gasteiger partial charge in [0.25, 0.3) is 5.69 Å². The summed E-state index contributed by atoms with van der Waals surface area (Å²) >= 11 is 5.92. The van der Waals surface area contributed by atoms with Gasteiger partial charge >= 0.3 is 5.91 Å². The second-order valence-corrected chi connectivity index (χ2v) is 4.71. The number of nitrogens with zero attached hydrogens (tertiary/aromatic N) is 3. The number of hydrogen-bond donors (Lipinski definition) is 1. The minimum atomic E-state index is -0.529. The maximum absolute atomic E-state index is 11.7. The normalized spacial score (nSPS) is 10.6. The highest BCUT2D eigenvalue weighted by Gasteiger charge is 2.09. The summed E-state index contributed by atoms with van der Waals surface area (Å²) < 4.78 is 1.69. The fraction of sp³-hybridized carbons (Fsp3) is 0.0714. The standard InChI is InChI=1S/C14H11ClN4O3/c15-13-5-4-12(19(21)22)8-11(13)9-16-17-14(20)10-18-6-2-1-3-7-18/h1-9H,10H2/p+1. The van der Waals surface area contributed by atoms with E-state index in [-0.39, 0.29) is 18.1 Å². The lowest BCUT2D eigenvalue weighted by Crippen LogP contribution is -2.40. The van der Waals surface area contributed by atoms with Crippen LogP contribution in [0.15, 0.2) is 53.9 Å². The quantitative estimate of drug-likeness (QED) is 0.393. The highest BCUT2D eigenvalue weighted by atomic mass is 35.5. The molecule has 1 N–H and O–H groups in total. The summed E-state index contributed by atoms with van der Waals surface area (Å²) in [4.78, 5) is 21.8. The summed E-state index contributed by atoms with van der Waals surface area (Å²) in [6.45, 7) is 0.112. The zero-order valence-electron chi connectivity index (χ0n) is 11.3. The van der Waals surface area contributed by atoms with Crippen LogP contribution >= 0.6 is 11.6 Å². The number of carbonyl (C=O) groups excluding carboxylic acids is 1. The van der Waals surface area contributed by atoms with Crippen LogP contribution in [0.1, 0.15) is 5.56 Å². The van der Waals surface area contributed by atoms with Gasteiger partial charge in [-0.25, -0.2) is 5.43 Å². The second kappa shape index (κ2) is 7.28. The van der Waals surface area contributed by atoms with Crippen molar-refractivity contribution in [1.29, 1.82) is 0 Å². The molecule has 2 aromatic rings. The maximum atomic E-state index is 11.7. The van der Waals surface area contributed by atoms with Crippen LogP contribution in [-0.4, -0.2) is 17.0 Å². The SMILES string of the molecule is O=C(C[n+]1ccccc1)NN=Cc1cc([N+](=O)[O-])ccc1Cl. The van der Waals surface area contributed by atoms with Crippen molar-refractivity contribution in [3.8, 4) is 0 Å². The molecule has 1 amide bonds. The monoisotopic (exact) mass is 319 g/mol. The van der Waals surface area contributed by atoms with E-state index >= 15 is 0 Å². The number of hydrazone groups is 1. The van der Waals surface area contributed by atoms with Gasteiger partial charge in [0.2, 0.25) is 6.54 Å². The lowest BCUT2D eigenvalue weighted by molar-refractivity contribution is -0.684. The first-order chi connectivity index (χ1) is 10.6.